The number of aliphatic hydroxyl groups excluding tert-OH is 1. The quantitative estimate of drug-likeness (QED) is 0.658. The topological polar surface area (TPSA) is 37.3 Å². The molecule has 0 amide bonds. The summed E-state index contributed by atoms with van der Waals surface area (Å²) in [5, 5.41) is 9.79. The zero-order valence-corrected chi connectivity index (χ0v) is 7.31. The molecule has 1 N–H and O–H groups in total. The maximum atomic E-state index is 10.6. The van der Waals surface area contributed by atoms with Crippen molar-refractivity contribution in [2.75, 3.05) is 0 Å². The highest BCUT2D eigenvalue weighted by Crippen LogP contribution is 2.32. The Labute approximate surface area is 77.2 Å². The molecule has 2 nitrogen and oxygen atoms in total. The molecular weight excluding hydrogens is 164 g/mol. The standard InChI is InChI=1S/C11H12O2/c12-7-9-6-5-8-3-1-2-4-10(8)11(9)13/h1-4,7,9,11,13H,5-6H2. The molecule has 68 valence electrons. The highest BCUT2D eigenvalue weighted by Gasteiger charge is 2.26. The van der Waals surface area contributed by atoms with E-state index in [1.54, 1.807) is 0 Å². The summed E-state index contributed by atoms with van der Waals surface area (Å²) in [5.74, 6) is -0.213. The molecule has 2 atom stereocenters. The van der Waals surface area contributed by atoms with Crippen LogP contribution in [0.2, 0.25) is 0 Å². The van der Waals surface area contributed by atoms with Gasteiger partial charge in [-0.05, 0) is 24.0 Å². The van der Waals surface area contributed by atoms with Crippen LogP contribution in [-0.2, 0) is 11.2 Å². The van der Waals surface area contributed by atoms with E-state index >= 15 is 0 Å². The summed E-state index contributed by atoms with van der Waals surface area (Å²) < 4.78 is 0. The van der Waals surface area contributed by atoms with Crippen LogP contribution >= 0.6 is 0 Å². The molecule has 0 saturated heterocycles. The van der Waals surface area contributed by atoms with Crippen LogP contribution in [-0.4, -0.2) is 11.4 Å². The lowest BCUT2D eigenvalue weighted by atomic mass is 9.82. The van der Waals surface area contributed by atoms with E-state index in [0.29, 0.717) is 0 Å². The molecule has 1 aromatic rings. The van der Waals surface area contributed by atoms with E-state index < -0.39 is 6.10 Å². The highest BCUT2D eigenvalue weighted by molar-refractivity contribution is 5.57. The summed E-state index contributed by atoms with van der Waals surface area (Å²) in [6, 6.07) is 7.78. The number of carbonyl (C=O) groups excluding carboxylic acids is 1. The van der Waals surface area contributed by atoms with Gasteiger partial charge in [0.1, 0.15) is 6.29 Å². The van der Waals surface area contributed by atoms with Gasteiger partial charge < -0.3 is 9.90 Å². The molecule has 2 heteroatoms. The van der Waals surface area contributed by atoms with Crippen molar-refractivity contribution >= 4 is 6.29 Å². The number of carbonyl (C=O) groups is 1. The summed E-state index contributed by atoms with van der Waals surface area (Å²) in [7, 11) is 0. The first-order chi connectivity index (χ1) is 6.33. The second-order valence-corrected chi connectivity index (χ2v) is 3.48. The van der Waals surface area contributed by atoms with Crippen LogP contribution in [0.3, 0.4) is 0 Å². The van der Waals surface area contributed by atoms with Crippen molar-refractivity contribution in [1.29, 1.82) is 0 Å². The van der Waals surface area contributed by atoms with E-state index in [4.69, 9.17) is 0 Å². The number of benzene rings is 1. The predicted octanol–water partition coefficient (Wildman–Crippen LogP) is 1.48. The molecule has 2 unspecified atom stereocenters. The van der Waals surface area contributed by atoms with E-state index in [9.17, 15) is 9.90 Å². The monoisotopic (exact) mass is 176 g/mol. The fraction of sp³-hybridized carbons (Fsp3) is 0.364. The zero-order chi connectivity index (χ0) is 9.26. The fourth-order valence-corrected chi connectivity index (χ4v) is 1.90. The summed E-state index contributed by atoms with van der Waals surface area (Å²) >= 11 is 0. The molecule has 0 bridgehead atoms. The van der Waals surface area contributed by atoms with Gasteiger partial charge in [-0.2, -0.15) is 0 Å². The Morgan fingerprint density at radius 2 is 2.15 bits per heavy atom. The number of aryl methyl sites for hydroxylation is 1. The largest absolute Gasteiger partial charge is 0.388 e. The van der Waals surface area contributed by atoms with Crippen molar-refractivity contribution in [2.24, 2.45) is 5.92 Å². The molecule has 1 aliphatic carbocycles. The third-order valence-electron chi connectivity index (χ3n) is 2.70. The molecular formula is C11H12O2. The Morgan fingerprint density at radius 3 is 2.92 bits per heavy atom. The van der Waals surface area contributed by atoms with Gasteiger partial charge in [0.25, 0.3) is 0 Å². The fourth-order valence-electron chi connectivity index (χ4n) is 1.90. The maximum absolute atomic E-state index is 10.6. The van der Waals surface area contributed by atoms with Crippen LogP contribution in [0.4, 0.5) is 0 Å². The van der Waals surface area contributed by atoms with Crippen LogP contribution in [0.5, 0.6) is 0 Å². The summed E-state index contributed by atoms with van der Waals surface area (Å²) in [6.45, 7) is 0. The van der Waals surface area contributed by atoms with Crippen molar-refractivity contribution in [2.45, 2.75) is 18.9 Å². The number of aldehydes is 1. The lowest BCUT2D eigenvalue weighted by Crippen LogP contribution is -2.21. The van der Waals surface area contributed by atoms with Gasteiger partial charge in [0.2, 0.25) is 0 Å². The predicted molar refractivity (Wildman–Crippen MR) is 49.3 cm³/mol. The van der Waals surface area contributed by atoms with Gasteiger partial charge in [-0.3, -0.25) is 0 Å². The lowest BCUT2D eigenvalue weighted by molar-refractivity contribution is -0.115. The molecule has 0 fully saturated rings. The number of aliphatic hydroxyl groups is 1. The van der Waals surface area contributed by atoms with Crippen molar-refractivity contribution in [1.82, 2.24) is 0 Å². The minimum Gasteiger partial charge on any atom is -0.388 e. The van der Waals surface area contributed by atoms with Gasteiger partial charge in [0, 0.05) is 5.92 Å². The third-order valence-corrected chi connectivity index (χ3v) is 2.70. The highest BCUT2D eigenvalue weighted by atomic mass is 16.3. The molecule has 13 heavy (non-hydrogen) atoms. The van der Waals surface area contributed by atoms with Crippen LogP contribution < -0.4 is 0 Å². The Bertz CT molecular complexity index is 320. The van der Waals surface area contributed by atoms with E-state index in [1.807, 2.05) is 24.3 Å². The van der Waals surface area contributed by atoms with Crippen molar-refractivity contribution in [3.63, 3.8) is 0 Å². The Hall–Kier alpha value is -1.15. The SMILES string of the molecule is O=CC1CCc2ccccc2C1O. The molecule has 1 aromatic carbocycles. The van der Waals surface area contributed by atoms with E-state index in [0.717, 1.165) is 24.7 Å². The van der Waals surface area contributed by atoms with Gasteiger partial charge >= 0.3 is 0 Å². The van der Waals surface area contributed by atoms with Crippen molar-refractivity contribution < 1.29 is 9.90 Å². The average molecular weight is 176 g/mol. The van der Waals surface area contributed by atoms with E-state index in [1.165, 1.54) is 5.56 Å². The maximum Gasteiger partial charge on any atom is 0.126 e. The van der Waals surface area contributed by atoms with Crippen molar-refractivity contribution in [3.05, 3.63) is 35.4 Å². The normalized spacial score (nSPS) is 26.5. The molecule has 0 radical (unpaired) electrons. The molecule has 0 spiro atoms. The molecule has 0 heterocycles. The number of fused-ring (bicyclic) bond motifs is 1. The molecule has 1 aliphatic rings. The van der Waals surface area contributed by atoms with Crippen LogP contribution in [0.15, 0.2) is 24.3 Å². The lowest BCUT2D eigenvalue weighted by Gasteiger charge is -2.26. The summed E-state index contributed by atoms with van der Waals surface area (Å²) in [5.41, 5.74) is 2.10. The van der Waals surface area contributed by atoms with Crippen LogP contribution in [0, 0.1) is 5.92 Å². The average Bonchev–Trinajstić information content (AvgIpc) is 2.19. The second kappa shape index (κ2) is 3.30. The second-order valence-electron chi connectivity index (χ2n) is 3.48. The molecule has 0 saturated carbocycles. The minimum atomic E-state index is -0.595. The van der Waals surface area contributed by atoms with Gasteiger partial charge in [0.05, 0.1) is 6.10 Å². The Morgan fingerprint density at radius 1 is 1.38 bits per heavy atom. The summed E-state index contributed by atoms with van der Waals surface area (Å²) in [4.78, 5) is 10.6. The molecule has 2 rings (SSSR count). The van der Waals surface area contributed by atoms with E-state index in [2.05, 4.69) is 0 Å². The van der Waals surface area contributed by atoms with Crippen LogP contribution in [0.25, 0.3) is 0 Å². The van der Waals surface area contributed by atoms with E-state index in [-0.39, 0.29) is 5.92 Å². The molecule has 0 aliphatic heterocycles. The van der Waals surface area contributed by atoms with Crippen LogP contribution in [0.1, 0.15) is 23.7 Å². The first-order valence-corrected chi connectivity index (χ1v) is 4.54. The summed E-state index contributed by atoms with van der Waals surface area (Å²) in [6.07, 6.45) is 1.93. The Kier molecular flexibility index (Phi) is 2.15. The smallest absolute Gasteiger partial charge is 0.126 e. The first-order valence-electron chi connectivity index (χ1n) is 4.54. The minimum absolute atomic E-state index is 0.213. The number of rotatable bonds is 1. The number of hydrogen-bond donors (Lipinski definition) is 1. The first kappa shape index (κ1) is 8.45. The Balaban J connectivity index is 2.38. The van der Waals surface area contributed by atoms with Gasteiger partial charge in [0.15, 0.2) is 0 Å². The number of hydrogen-bond acceptors (Lipinski definition) is 2. The molecule has 0 aromatic heterocycles. The van der Waals surface area contributed by atoms with Crippen molar-refractivity contribution in [3.8, 4) is 0 Å². The third kappa shape index (κ3) is 1.38. The van der Waals surface area contributed by atoms with Gasteiger partial charge in [-0.15, -0.1) is 0 Å². The van der Waals surface area contributed by atoms with Gasteiger partial charge in [-0.25, -0.2) is 0 Å². The van der Waals surface area contributed by atoms with Gasteiger partial charge in [-0.1, -0.05) is 24.3 Å². The zero-order valence-electron chi connectivity index (χ0n) is 7.31.